The van der Waals surface area contributed by atoms with Gasteiger partial charge in [-0.15, -0.1) is 0 Å². The summed E-state index contributed by atoms with van der Waals surface area (Å²) in [7, 11) is 4.06. The van der Waals surface area contributed by atoms with E-state index in [1.54, 1.807) is 0 Å². The number of allylic oxidation sites excluding steroid dienone is 1. The molecule has 1 aliphatic rings. The maximum absolute atomic E-state index is 2.08. The third-order valence-electron chi connectivity index (χ3n) is 1.47. The van der Waals surface area contributed by atoms with E-state index in [4.69, 9.17) is 0 Å². The summed E-state index contributed by atoms with van der Waals surface area (Å²) in [6, 6.07) is 0. The third kappa shape index (κ3) is 3.12. The van der Waals surface area contributed by atoms with E-state index in [1.807, 2.05) is 45.2 Å². The highest BCUT2D eigenvalue weighted by molar-refractivity contribution is 5.07. The SMILES string of the molecule is CC.CC1=CN(C)C=CN1C. The van der Waals surface area contributed by atoms with Crippen molar-refractivity contribution in [2.45, 2.75) is 20.8 Å². The van der Waals surface area contributed by atoms with E-state index in [-0.39, 0.29) is 0 Å². The molecule has 0 aliphatic carbocycles. The molecule has 0 aromatic rings. The molecule has 0 saturated heterocycles. The minimum absolute atomic E-state index is 1.26. The molecule has 0 bridgehead atoms. The van der Waals surface area contributed by atoms with Crippen molar-refractivity contribution in [3.8, 4) is 0 Å². The monoisotopic (exact) mass is 154 g/mol. The molecular formula is C9H18N2. The first kappa shape index (κ1) is 10.1. The lowest BCUT2D eigenvalue weighted by Gasteiger charge is -2.22. The zero-order valence-electron chi connectivity index (χ0n) is 8.13. The average Bonchev–Trinajstić information content (AvgIpc) is 2.02. The molecule has 0 aromatic heterocycles. The summed E-state index contributed by atoms with van der Waals surface area (Å²) in [5.74, 6) is 0. The lowest BCUT2D eigenvalue weighted by molar-refractivity contribution is 0.481. The molecule has 0 saturated carbocycles. The Labute approximate surface area is 69.8 Å². The van der Waals surface area contributed by atoms with E-state index < -0.39 is 0 Å². The molecule has 2 nitrogen and oxygen atoms in total. The van der Waals surface area contributed by atoms with Crippen molar-refractivity contribution < 1.29 is 0 Å². The highest BCUT2D eigenvalue weighted by Gasteiger charge is 1.99. The van der Waals surface area contributed by atoms with Crippen LogP contribution in [0, 0.1) is 0 Å². The molecule has 1 heterocycles. The predicted octanol–water partition coefficient (Wildman–Crippen LogP) is 2.22. The van der Waals surface area contributed by atoms with Crippen LogP contribution < -0.4 is 0 Å². The Morgan fingerprint density at radius 2 is 1.64 bits per heavy atom. The predicted molar refractivity (Wildman–Crippen MR) is 49.8 cm³/mol. The molecular weight excluding hydrogens is 136 g/mol. The molecule has 0 radical (unpaired) electrons. The Morgan fingerprint density at radius 3 is 2.00 bits per heavy atom. The van der Waals surface area contributed by atoms with Gasteiger partial charge in [0.25, 0.3) is 0 Å². The van der Waals surface area contributed by atoms with Crippen LogP contribution in [-0.2, 0) is 0 Å². The van der Waals surface area contributed by atoms with Gasteiger partial charge in [-0.1, -0.05) is 13.8 Å². The molecule has 0 N–H and O–H groups in total. The van der Waals surface area contributed by atoms with Gasteiger partial charge in [-0.25, -0.2) is 0 Å². The number of hydrogen-bond donors (Lipinski definition) is 0. The van der Waals surface area contributed by atoms with Crippen LogP contribution in [0.5, 0.6) is 0 Å². The highest BCUT2D eigenvalue weighted by Crippen LogP contribution is 2.07. The normalized spacial score (nSPS) is 15.5. The first-order chi connectivity index (χ1) is 5.20. The van der Waals surface area contributed by atoms with Gasteiger partial charge in [-0.05, 0) is 6.92 Å². The van der Waals surface area contributed by atoms with Crippen molar-refractivity contribution in [3.05, 3.63) is 24.3 Å². The van der Waals surface area contributed by atoms with Crippen molar-refractivity contribution in [3.63, 3.8) is 0 Å². The van der Waals surface area contributed by atoms with Gasteiger partial charge in [0.2, 0.25) is 0 Å². The van der Waals surface area contributed by atoms with Crippen LogP contribution in [-0.4, -0.2) is 23.9 Å². The number of rotatable bonds is 0. The lowest BCUT2D eigenvalue weighted by atomic mass is 10.4. The molecule has 2 heteroatoms. The van der Waals surface area contributed by atoms with E-state index in [9.17, 15) is 0 Å². The topological polar surface area (TPSA) is 6.48 Å². The van der Waals surface area contributed by atoms with Crippen LogP contribution >= 0.6 is 0 Å². The highest BCUT2D eigenvalue weighted by atomic mass is 15.2. The second kappa shape index (κ2) is 4.83. The van der Waals surface area contributed by atoms with Gasteiger partial charge in [-0.2, -0.15) is 0 Å². The average molecular weight is 154 g/mol. The minimum Gasteiger partial charge on any atom is -0.354 e. The molecule has 0 spiro atoms. The molecule has 1 rings (SSSR count). The quantitative estimate of drug-likeness (QED) is 0.528. The van der Waals surface area contributed by atoms with Crippen LogP contribution in [0.1, 0.15) is 20.8 Å². The van der Waals surface area contributed by atoms with Crippen molar-refractivity contribution in [1.82, 2.24) is 9.80 Å². The third-order valence-corrected chi connectivity index (χ3v) is 1.47. The smallest absolute Gasteiger partial charge is 0.0303 e. The van der Waals surface area contributed by atoms with Crippen LogP contribution in [0.25, 0.3) is 0 Å². The van der Waals surface area contributed by atoms with Gasteiger partial charge in [0.1, 0.15) is 0 Å². The second-order valence-electron chi connectivity index (χ2n) is 2.34. The molecule has 1 aliphatic heterocycles. The molecule has 11 heavy (non-hydrogen) atoms. The summed E-state index contributed by atoms with van der Waals surface area (Å²) in [6.07, 6.45) is 6.14. The van der Waals surface area contributed by atoms with Crippen molar-refractivity contribution in [2.24, 2.45) is 0 Å². The van der Waals surface area contributed by atoms with Gasteiger partial charge in [0.05, 0.1) is 0 Å². The van der Waals surface area contributed by atoms with Gasteiger partial charge >= 0.3 is 0 Å². The number of nitrogens with zero attached hydrogens (tertiary/aromatic N) is 2. The van der Waals surface area contributed by atoms with E-state index in [2.05, 4.69) is 18.0 Å². The summed E-state index contributed by atoms with van der Waals surface area (Å²) in [5, 5.41) is 0. The fourth-order valence-electron chi connectivity index (χ4n) is 0.752. The maximum Gasteiger partial charge on any atom is 0.0303 e. The first-order valence-corrected chi connectivity index (χ1v) is 4.01. The summed E-state index contributed by atoms with van der Waals surface area (Å²) in [5.41, 5.74) is 1.26. The fourth-order valence-corrected chi connectivity index (χ4v) is 0.752. The van der Waals surface area contributed by atoms with E-state index in [1.165, 1.54) is 5.70 Å². The summed E-state index contributed by atoms with van der Waals surface area (Å²) in [6.45, 7) is 6.08. The summed E-state index contributed by atoms with van der Waals surface area (Å²) in [4.78, 5) is 4.12. The van der Waals surface area contributed by atoms with Crippen LogP contribution in [0.3, 0.4) is 0 Å². The van der Waals surface area contributed by atoms with Crippen molar-refractivity contribution in [1.29, 1.82) is 0 Å². The Bertz CT molecular complexity index is 159. The standard InChI is InChI=1S/C7H12N2.C2H6/c1-7-6-8(2)4-5-9(7)3;1-2/h4-6H,1-3H3;1-2H3. The van der Waals surface area contributed by atoms with Gasteiger partial charge in [0, 0.05) is 38.4 Å². The molecule has 64 valence electrons. The largest absolute Gasteiger partial charge is 0.354 e. The summed E-state index contributed by atoms with van der Waals surface area (Å²) < 4.78 is 0. The minimum atomic E-state index is 1.26. The Kier molecular flexibility index (Phi) is 4.42. The maximum atomic E-state index is 2.08. The molecule has 0 unspecified atom stereocenters. The van der Waals surface area contributed by atoms with Gasteiger partial charge < -0.3 is 9.80 Å². The second-order valence-corrected chi connectivity index (χ2v) is 2.34. The Hall–Kier alpha value is -0.920. The van der Waals surface area contributed by atoms with Crippen LogP contribution in [0.4, 0.5) is 0 Å². The van der Waals surface area contributed by atoms with Crippen molar-refractivity contribution >= 4 is 0 Å². The molecule has 0 fully saturated rings. The zero-order valence-corrected chi connectivity index (χ0v) is 8.13. The lowest BCUT2D eigenvalue weighted by Crippen LogP contribution is -2.17. The van der Waals surface area contributed by atoms with E-state index in [0.29, 0.717) is 0 Å². The van der Waals surface area contributed by atoms with Crippen molar-refractivity contribution in [2.75, 3.05) is 14.1 Å². The van der Waals surface area contributed by atoms with E-state index in [0.717, 1.165) is 0 Å². The van der Waals surface area contributed by atoms with Crippen LogP contribution in [0.2, 0.25) is 0 Å². The van der Waals surface area contributed by atoms with Gasteiger partial charge in [-0.3, -0.25) is 0 Å². The summed E-state index contributed by atoms with van der Waals surface area (Å²) >= 11 is 0. The molecule has 0 atom stereocenters. The Balaban J connectivity index is 0.000000461. The number of hydrogen-bond acceptors (Lipinski definition) is 2. The first-order valence-electron chi connectivity index (χ1n) is 4.01. The van der Waals surface area contributed by atoms with E-state index >= 15 is 0 Å². The zero-order chi connectivity index (χ0) is 8.85. The van der Waals surface area contributed by atoms with Gasteiger partial charge in [0.15, 0.2) is 0 Å². The Morgan fingerprint density at radius 1 is 1.09 bits per heavy atom. The molecule has 0 aromatic carbocycles. The van der Waals surface area contributed by atoms with Crippen LogP contribution in [0.15, 0.2) is 24.3 Å². The fraction of sp³-hybridized carbons (Fsp3) is 0.556. The molecule has 0 amide bonds.